The van der Waals surface area contributed by atoms with Gasteiger partial charge in [-0.05, 0) is 59.7 Å². The first kappa shape index (κ1) is 15.7. The number of piperidine rings is 3. The SMILES string of the molecule is C=C[C@@H]1CN2CCC1C[C@@H]2[C@H](O)c1cccc2ccc(OC)cc12. The molecule has 2 unspecified atom stereocenters. The summed E-state index contributed by atoms with van der Waals surface area (Å²) in [6, 6.07) is 12.5. The maximum absolute atomic E-state index is 11.2. The quantitative estimate of drug-likeness (QED) is 0.869. The molecule has 2 aromatic rings. The van der Waals surface area contributed by atoms with Crippen LogP contribution in [0, 0.1) is 11.8 Å². The Balaban J connectivity index is 1.69. The van der Waals surface area contributed by atoms with Gasteiger partial charge in [0, 0.05) is 12.6 Å². The first-order chi connectivity index (χ1) is 11.7. The van der Waals surface area contributed by atoms with Crippen molar-refractivity contribution >= 4 is 10.8 Å². The Kier molecular flexibility index (Phi) is 4.07. The summed E-state index contributed by atoms with van der Waals surface area (Å²) in [4.78, 5) is 2.45. The van der Waals surface area contributed by atoms with Gasteiger partial charge in [-0.3, -0.25) is 4.90 Å². The van der Waals surface area contributed by atoms with E-state index in [0.717, 1.165) is 41.6 Å². The topological polar surface area (TPSA) is 32.7 Å². The van der Waals surface area contributed by atoms with Crippen LogP contribution in [0.2, 0.25) is 0 Å². The molecule has 126 valence electrons. The molecular formula is C21H25NO2. The van der Waals surface area contributed by atoms with Gasteiger partial charge in [-0.15, -0.1) is 6.58 Å². The van der Waals surface area contributed by atoms with E-state index in [2.05, 4.69) is 35.8 Å². The predicted octanol–water partition coefficient (Wildman–Crippen LogP) is 3.78. The van der Waals surface area contributed by atoms with Gasteiger partial charge in [0.05, 0.1) is 13.2 Å². The van der Waals surface area contributed by atoms with E-state index in [1.165, 1.54) is 6.42 Å². The van der Waals surface area contributed by atoms with Crippen molar-refractivity contribution < 1.29 is 9.84 Å². The number of benzene rings is 2. The van der Waals surface area contributed by atoms with E-state index in [4.69, 9.17) is 4.74 Å². The smallest absolute Gasteiger partial charge is 0.119 e. The molecule has 3 saturated heterocycles. The molecule has 0 aliphatic carbocycles. The Hall–Kier alpha value is -1.84. The summed E-state index contributed by atoms with van der Waals surface area (Å²) in [5, 5.41) is 13.4. The third-order valence-corrected chi connectivity index (χ3v) is 5.96. The molecule has 3 aliphatic rings. The van der Waals surface area contributed by atoms with Gasteiger partial charge >= 0.3 is 0 Å². The fourth-order valence-electron chi connectivity index (χ4n) is 4.57. The van der Waals surface area contributed by atoms with Gasteiger partial charge in [-0.2, -0.15) is 0 Å². The third-order valence-electron chi connectivity index (χ3n) is 5.96. The van der Waals surface area contributed by atoms with Crippen LogP contribution in [0.3, 0.4) is 0 Å². The average Bonchev–Trinajstić information content (AvgIpc) is 2.66. The van der Waals surface area contributed by atoms with E-state index in [-0.39, 0.29) is 6.04 Å². The molecule has 3 fully saturated rings. The zero-order valence-electron chi connectivity index (χ0n) is 14.2. The molecule has 3 aliphatic heterocycles. The number of rotatable bonds is 4. The first-order valence-electron chi connectivity index (χ1n) is 8.82. The summed E-state index contributed by atoms with van der Waals surface area (Å²) < 4.78 is 5.38. The molecule has 0 spiro atoms. The number of ether oxygens (including phenoxy) is 1. The monoisotopic (exact) mass is 323 g/mol. The number of aliphatic hydroxyl groups is 1. The minimum absolute atomic E-state index is 0.205. The van der Waals surface area contributed by atoms with Gasteiger partial charge in [-0.25, -0.2) is 0 Å². The second kappa shape index (κ2) is 6.23. The van der Waals surface area contributed by atoms with Gasteiger partial charge in [0.2, 0.25) is 0 Å². The third kappa shape index (κ3) is 2.52. The second-order valence-electron chi connectivity index (χ2n) is 7.13. The van der Waals surface area contributed by atoms with E-state index in [9.17, 15) is 5.11 Å². The molecule has 2 bridgehead atoms. The van der Waals surface area contributed by atoms with E-state index >= 15 is 0 Å². The van der Waals surface area contributed by atoms with Crippen LogP contribution >= 0.6 is 0 Å². The van der Waals surface area contributed by atoms with Gasteiger partial charge < -0.3 is 9.84 Å². The first-order valence-corrected chi connectivity index (χ1v) is 8.82. The van der Waals surface area contributed by atoms with Crippen molar-refractivity contribution in [2.45, 2.75) is 25.0 Å². The highest BCUT2D eigenvalue weighted by molar-refractivity contribution is 5.87. The fourth-order valence-corrected chi connectivity index (χ4v) is 4.57. The van der Waals surface area contributed by atoms with Crippen LogP contribution < -0.4 is 4.74 Å². The second-order valence-corrected chi connectivity index (χ2v) is 7.13. The lowest BCUT2D eigenvalue weighted by Crippen LogP contribution is -2.54. The molecule has 0 radical (unpaired) electrons. The molecule has 5 atom stereocenters. The van der Waals surface area contributed by atoms with Gasteiger partial charge in [0.15, 0.2) is 0 Å². The van der Waals surface area contributed by atoms with Crippen molar-refractivity contribution in [2.75, 3.05) is 20.2 Å². The summed E-state index contributed by atoms with van der Waals surface area (Å²) in [6.07, 6.45) is 3.92. The maximum atomic E-state index is 11.2. The molecule has 1 N–H and O–H groups in total. The highest BCUT2D eigenvalue weighted by Gasteiger charge is 2.42. The van der Waals surface area contributed by atoms with E-state index < -0.39 is 6.10 Å². The van der Waals surface area contributed by atoms with Crippen LogP contribution in [0.25, 0.3) is 10.8 Å². The van der Waals surface area contributed by atoms with E-state index in [0.29, 0.717) is 11.8 Å². The number of hydrogen-bond acceptors (Lipinski definition) is 3. The van der Waals surface area contributed by atoms with Crippen LogP contribution in [0.1, 0.15) is 24.5 Å². The van der Waals surface area contributed by atoms with E-state index in [1.807, 2.05) is 18.2 Å². The molecule has 5 rings (SSSR count). The zero-order chi connectivity index (χ0) is 16.7. The summed E-state index contributed by atoms with van der Waals surface area (Å²) >= 11 is 0. The molecule has 0 saturated carbocycles. The standard InChI is InChI=1S/C21H25NO2/c1-3-14-13-22-10-9-16(14)11-20(22)21(23)18-6-4-5-15-7-8-17(24-2)12-19(15)18/h3-8,12,14,16,20-21,23H,1,9-11,13H2,2H3/t14-,16?,20-,21-/m1/s1. The summed E-state index contributed by atoms with van der Waals surface area (Å²) in [6.45, 7) is 6.11. The molecule has 3 heterocycles. The molecule has 3 heteroatoms. The van der Waals surface area contributed by atoms with Crippen LogP contribution in [-0.2, 0) is 0 Å². The van der Waals surface area contributed by atoms with Gasteiger partial charge in [0.25, 0.3) is 0 Å². The molecule has 0 amide bonds. The largest absolute Gasteiger partial charge is 0.497 e. The molecule has 2 aromatic carbocycles. The van der Waals surface area contributed by atoms with Gasteiger partial charge in [-0.1, -0.05) is 30.3 Å². The number of fused-ring (bicyclic) bond motifs is 4. The summed E-state index contributed by atoms with van der Waals surface area (Å²) in [5.74, 6) is 2.07. The van der Waals surface area contributed by atoms with Crippen LogP contribution in [0.15, 0.2) is 49.1 Å². The van der Waals surface area contributed by atoms with Crippen molar-refractivity contribution in [3.63, 3.8) is 0 Å². The normalized spacial score (nSPS) is 30.2. The van der Waals surface area contributed by atoms with Gasteiger partial charge in [0.1, 0.15) is 5.75 Å². The highest BCUT2D eigenvalue weighted by Crippen LogP contribution is 2.42. The van der Waals surface area contributed by atoms with Crippen molar-refractivity contribution in [1.29, 1.82) is 0 Å². The fraction of sp³-hybridized carbons (Fsp3) is 0.429. The van der Waals surface area contributed by atoms with Crippen LogP contribution in [-0.4, -0.2) is 36.2 Å². The predicted molar refractivity (Wildman–Crippen MR) is 97.2 cm³/mol. The Bertz CT molecular complexity index is 757. The van der Waals surface area contributed by atoms with Crippen molar-refractivity contribution in [1.82, 2.24) is 4.90 Å². The number of methoxy groups -OCH3 is 1. The Morgan fingerprint density at radius 2 is 2.21 bits per heavy atom. The number of aliphatic hydroxyl groups excluding tert-OH is 1. The average molecular weight is 323 g/mol. The molecule has 0 aromatic heterocycles. The Morgan fingerprint density at radius 1 is 1.33 bits per heavy atom. The summed E-state index contributed by atoms with van der Waals surface area (Å²) in [7, 11) is 1.68. The van der Waals surface area contributed by atoms with Crippen LogP contribution in [0.5, 0.6) is 5.75 Å². The highest BCUT2D eigenvalue weighted by atomic mass is 16.5. The van der Waals surface area contributed by atoms with E-state index in [1.54, 1.807) is 7.11 Å². The number of nitrogens with zero attached hydrogens (tertiary/aromatic N) is 1. The molecule has 3 nitrogen and oxygen atoms in total. The van der Waals surface area contributed by atoms with Crippen molar-refractivity contribution in [2.24, 2.45) is 11.8 Å². The lowest BCUT2D eigenvalue weighted by atomic mass is 9.73. The Labute approximate surface area is 143 Å². The minimum atomic E-state index is -0.464. The molecule has 24 heavy (non-hydrogen) atoms. The molecular weight excluding hydrogens is 298 g/mol. The van der Waals surface area contributed by atoms with Crippen LogP contribution in [0.4, 0.5) is 0 Å². The minimum Gasteiger partial charge on any atom is -0.497 e. The summed E-state index contributed by atoms with van der Waals surface area (Å²) in [5.41, 5.74) is 1.01. The Morgan fingerprint density at radius 3 is 2.92 bits per heavy atom. The lowest BCUT2D eigenvalue weighted by molar-refractivity contribution is -0.0444. The lowest BCUT2D eigenvalue weighted by Gasteiger charge is -2.50. The maximum Gasteiger partial charge on any atom is 0.119 e. The zero-order valence-corrected chi connectivity index (χ0v) is 14.2. The van der Waals surface area contributed by atoms with Crippen molar-refractivity contribution in [3.05, 3.63) is 54.6 Å². The number of hydrogen-bond donors (Lipinski definition) is 1. The van der Waals surface area contributed by atoms with Crippen molar-refractivity contribution in [3.8, 4) is 5.75 Å².